The average Bonchev–Trinajstić information content (AvgIpc) is 2.34. The Hall–Kier alpha value is -1.55. The van der Waals surface area contributed by atoms with Crippen LogP contribution < -0.4 is 4.74 Å². The monoisotopic (exact) mass is 236 g/mol. The van der Waals surface area contributed by atoms with Crippen LogP contribution in [0.1, 0.15) is 18.9 Å². The van der Waals surface area contributed by atoms with Gasteiger partial charge in [0.1, 0.15) is 5.75 Å². The van der Waals surface area contributed by atoms with Crippen molar-refractivity contribution in [2.45, 2.75) is 13.3 Å². The molecule has 4 heteroatoms. The summed E-state index contributed by atoms with van der Waals surface area (Å²) in [5.74, 6) is 0.765. The topological polar surface area (TPSA) is 45.1 Å². The molecule has 0 aromatic heterocycles. The first-order chi connectivity index (χ1) is 8.15. The lowest BCUT2D eigenvalue weighted by atomic mass is 10.1. The number of oxime groups is 1. The van der Waals surface area contributed by atoms with Gasteiger partial charge < -0.3 is 14.8 Å². The van der Waals surface area contributed by atoms with E-state index in [1.807, 2.05) is 38.4 Å². The molecule has 0 radical (unpaired) electrons. The maximum atomic E-state index is 8.78. The summed E-state index contributed by atoms with van der Waals surface area (Å²) in [4.78, 5) is 2.12. The zero-order chi connectivity index (χ0) is 12.7. The predicted octanol–water partition coefficient (Wildman–Crippen LogP) is 2.22. The molecule has 0 bridgehead atoms. The fourth-order valence-corrected chi connectivity index (χ4v) is 1.51. The minimum Gasteiger partial charge on any atom is -0.493 e. The van der Waals surface area contributed by atoms with Crippen molar-refractivity contribution >= 4 is 5.71 Å². The van der Waals surface area contributed by atoms with Crippen LogP contribution in [-0.2, 0) is 0 Å². The molecule has 0 spiro atoms. The molecular formula is C13H20N2O2. The van der Waals surface area contributed by atoms with Crippen LogP contribution in [0.4, 0.5) is 0 Å². The van der Waals surface area contributed by atoms with Gasteiger partial charge in [-0.25, -0.2) is 0 Å². The summed E-state index contributed by atoms with van der Waals surface area (Å²) < 4.78 is 5.69. The minimum absolute atomic E-state index is 0.563. The molecule has 0 amide bonds. The molecule has 17 heavy (non-hydrogen) atoms. The molecule has 1 aromatic rings. The van der Waals surface area contributed by atoms with E-state index in [2.05, 4.69) is 10.1 Å². The second-order valence-electron chi connectivity index (χ2n) is 4.19. The van der Waals surface area contributed by atoms with Crippen LogP contribution in [0, 0.1) is 0 Å². The third kappa shape index (κ3) is 4.44. The van der Waals surface area contributed by atoms with E-state index in [4.69, 9.17) is 9.94 Å². The van der Waals surface area contributed by atoms with E-state index in [9.17, 15) is 0 Å². The fourth-order valence-electron chi connectivity index (χ4n) is 1.51. The maximum Gasteiger partial charge on any atom is 0.128 e. The van der Waals surface area contributed by atoms with Crippen LogP contribution in [0.3, 0.4) is 0 Å². The van der Waals surface area contributed by atoms with Crippen molar-refractivity contribution in [1.29, 1.82) is 0 Å². The first-order valence-corrected chi connectivity index (χ1v) is 5.70. The van der Waals surface area contributed by atoms with Gasteiger partial charge in [0.15, 0.2) is 0 Å². The number of nitrogens with zero attached hydrogens (tertiary/aromatic N) is 2. The molecule has 0 aliphatic rings. The maximum absolute atomic E-state index is 8.78. The van der Waals surface area contributed by atoms with E-state index in [-0.39, 0.29) is 0 Å². The average molecular weight is 236 g/mol. The summed E-state index contributed by atoms with van der Waals surface area (Å²) in [7, 11) is 4.08. The van der Waals surface area contributed by atoms with Crippen molar-refractivity contribution in [3.05, 3.63) is 29.8 Å². The van der Waals surface area contributed by atoms with Crippen LogP contribution in [0.25, 0.3) is 0 Å². The second kappa shape index (κ2) is 6.91. The Kier molecular flexibility index (Phi) is 5.49. The van der Waals surface area contributed by atoms with Gasteiger partial charge >= 0.3 is 0 Å². The quantitative estimate of drug-likeness (QED) is 0.356. The van der Waals surface area contributed by atoms with Gasteiger partial charge in [-0.2, -0.15) is 0 Å². The van der Waals surface area contributed by atoms with Crippen molar-refractivity contribution in [1.82, 2.24) is 4.90 Å². The lowest BCUT2D eigenvalue weighted by Crippen LogP contribution is -2.16. The van der Waals surface area contributed by atoms with Crippen molar-refractivity contribution in [3.63, 3.8) is 0 Å². The number of rotatable bonds is 6. The molecule has 0 aliphatic heterocycles. The summed E-state index contributed by atoms with van der Waals surface area (Å²) in [6, 6.07) is 7.59. The number of hydrogen-bond donors (Lipinski definition) is 1. The highest BCUT2D eigenvalue weighted by Crippen LogP contribution is 2.18. The Morgan fingerprint density at radius 1 is 1.35 bits per heavy atom. The van der Waals surface area contributed by atoms with Gasteiger partial charge in [-0.3, -0.25) is 0 Å². The standard InChI is InChI=1S/C13H20N2O2/c1-11(14-16)12-7-4-5-8-13(12)17-10-6-9-15(2)3/h4-5,7-8,16H,6,9-10H2,1-3H3/b14-11+. The molecule has 0 saturated carbocycles. The summed E-state index contributed by atoms with van der Waals surface area (Å²) >= 11 is 0. The van der Waals surface area contributed by atoms with Crippen LogP contribution >= 0.6 is 0 Å². The van der Waals surface area contributed by atoms with Gasteiger partial charge in [-0.1, -0.05) is 17.3 Å². The number of benzene rings is 1. The van der Waals surface area contributed by atoms with Crippen molar-refractivity contribution in [3.8, 4) is 5.75 Å². The molecule has 0 aliphatic carbocycles. The van der Waals surface area contributed by atoms with Crippen molar-refractivity contribution in [2.75, 3.05) is 27.2 Å². The van der Waals surface area contributed by atoms with E-state index < -0.39 is 0 Å². The third-order valence-electron chi connectivity index (χ3n) is 2.43. The summed E-state index contributed by atoms with van der Waals surface area (Å²) in [5, 5.41) is 12.0. The van der Waals surface area contributed by atoms with Gasteiger partial charge in [-0.05, 0) is 39.6 Å². The van der Waals surface area contributed by atoms with E-state index in [0.717, 1.165) is 24.3 Å². The van der Waals surface area contributed by atoms with Crippen LogP contribution in [0.2, 0.25) is 0 Å². The SMILES string of the molecule is C/C(=N\O)c1ccccc1OCCCN(C)C. The Bertz CT molecular complexity index is 375. The Morgan fingerprint density at radius 3 is 2.71 bits per heavy atom. The lowest BCUT2D eigenvalue weighted by Gasteiger charge is -2.12. The molecule has 1 rings (SSSR count). The molecule has 94 valence electrons. The highest BCUT2D eigenvalue weighted by molar-refractivity contribution is 6.00. The number of ether oxygens (including phenoxy) is 1. The van der Waals surface area contributed by atoms with E-state index in [0.29, 0.717) is 12.3 Å². The van der Waals surface area contributed by atoms with Crippen LogP contribution in [-0.4, -0.2) is 43.1 Å². The van der Waals surface area contributed by atoms with E-state index in [1.165, 1.54) is 0 Å². The van der Waals surface area contributed by atoms with Crippen LogP contribution in [0.5, 0.6) is 5.75 Å². The molecule has 0 fully saturated rings. The van der Waals surface area contributed by atoms with Gasteiger partial charge in [0, 0.05) is 12.1 Å². The van der Waals surface area contributed by atoms with Gasteiger partial charge in [0.25, 0.3) is 0 Å². The second-order valence-corrected chi connectivity index (χ2v) is 4.19. The largest absolute Gasteiger partial charge is 0.493 e. The Labute approximate surface area is 103 Å². The molecule has 0 atom stereocenters. The minimum atomic E-state index is 0.563. The highest BCUT2D eigenvalue weighted by Gasteiger charge is 2.06. The molecule has 1 N–H and O–H groups in total. The first kappa shape index (κ1) is 13.5. The van der Waals surface area contributed by atoms with E-state index >= 15 is 0 Å². The fraction of sp³-hybridized carbons (Fsp3) is 0.462. The smallest absolute Gasteiger partial charge is 0.128 e. The molecular weight excluding hydrogens is 216 g/mol. The lowest BCUT2D eigenvalue weighted by molar-refractivity contribution is 0.280. The number of hydrogen-bond acceptors (Lipinski definition) is 4. The van der Waals surface area contributed by atoms with Crippen molar-refractivity contribution in [2.24, 2.45) is 5.16 Å². The summed E-state index contributed by atoms with van der Waals surface area (Å²) in [6.07, 6.45) is 0.969. The molecule has 0 saturated heterocycles. The molecule has 1 aromatic carbocycles. The highest BCUT2D eigenvalue weighted by atomic mass is 16.5. The molecule has 4 nitrogen and oxygen atoms in total. The van der Waals surface area contributed by atoms with E-state index in [1.54, 1.807) is 6.92 Å². The zero-order valence-electron chi connectivity index (χ0n) is 10.7. The number of para-hydroxylation sites is 1. The Morgan fingerprint density at radius 2 is 2.06 bits per heavy atom. The predicted molar refractivity (Wildman–Crippen MR) is 69.1 cm³/mol. The summed E-state index contributed by atoms with van der Waals surface area (Å²) in [6.45, 7) is 3.41. The normalized spacial score (nSPS) is 11.9. The first-order valence-electron chi connectivity index (χ1n) is 5.70. The van der Waals surface area contributed by atoms with Crippen molar-refractivity contribution < 1.29 is 9.94 Å². The zero-order valence-corrected chi connectivity index (χ0v) is 10.7. The van der Waals surface area contributed by atoms with Gasteiger partial charge in [-0.15, -0.1) is 0 Å². The summed E-state index contributed by atoms with van der Waals surface area (Å²) in [5.41, 5.74) is 1.40. The molecule has 0 heterocycles. The van der Waals surface area contributed by atoms with Crippen LogP contribution in [0.15, 0.2) is 29.4 Å². The third-order valence-corrected chi connectivity index (χ3v) is 2.43. The Balaban J connectivity index is 2.58. The van der Waals surface area contributed by atoms with Gasteiger partial charge in [0.05, 0.1) is 12.3 Å². The van der Waals surface area contributed by atoms with Gasteiger partial charge in [0.2, 0.25) is 0 Å². The molecule has 0 unspecified atom stereocenters.